The van der Waals surface area contributed by atoms with Crippen molar-refractivity contribution in [2.24, 2.45) is 5.92 Å². The number of rotatable bonds is 5. The van der Waals surface area contributed by atoms with Crippen LogP contribution in [0.5, 0.6) is 0 Å². The molecule has 1 aromatic rings. The number of nitrogens with zero attached hydrogens (tertiary/aromatic N) is 1. The lowest BCUT2D eigenvalue weighted by atomic mass is 10.2. The molecule has 92 valence electrons. The zero-order chi connectivity index (χ0) is 10.8. The van der Waals surface area contributed by atoms with Gasteiger partial charge in [0.15, 0.2) is 0 Å². The lowest BCUT2D eigenvalue weighted by Crippen LogP contribution is -2.18. The first-order chi connectivity index (χ1) is 7.22. The van der Waals surface area contributed by atoms with Crippen molar-refractivity contribution in [1.82, 2.24) is 10.5 Å². The summed E-state index contributed by atoms with van der Waals surface area (Å²) < 4.78 is 5.13. The molecule has 1 heterocycles. The number of halogens is 1. The molecule has 2 rings (SSSR count). The zero-order valence-corrected chi connectivity index (χ0v) is 11.1. The molecule has 0 aromatic carbocycles. The lowest BCUT2D eigenvalue weighted by molar-refractivity contribution is 0.391. The van der Waals surface area contributed by atoms with Crippen molar-refractivity contribution in [3.63, 3.8) is 0 Å². The van der Waals surface area contributed by atoms with E-state index in [2.05, 4.69) is 17.4 Å². The summed E-state index contributed by atoms with van der Waals surface area (Å²) in [7, 11) is 0. The molecule has 1 aliphatic carbocycles. The van der Waals surface area contributed by atoms with E-state index in [1.54, 1.807) is 0 Å². The molecule has 2 atom stereocenters. The minimum Gasteiger partial charge on any atom is -0.361 e. The molecule has 0 saturated heterocycles. The van der Waals surface area contributed by atoms with E-state index in [0.29, 0.717) is 0 Å². The van der Waals surface area contributed by atoms with E-state index in [0.717, 1.165) is 30.0 Å². The Morgan fingerprint density at radius 2 is 2.19 bits per heavy atom. The smallest absolute Gasteiger partial charge is 0.138 e. The van der Waals surface area contributed by atoms with E-state index in [1.165, 1.54) is 24.8 Å². The Labute approximate surface area is 103 Å². The molecule has 2 unspecified atom stereocenters. The van der Waals surface area contributed by atoms with Gasteiger partial charge in [0.1, 0.15) is 5.76 Å². The maximum absolute atomic E-state index is 5.13. The van der Waals surface area contributed by atoms with Gasteiger partial charge in [0, 0.05) is 18.2 Å². The second-order valence-corrected chi connectivity index (χ2v) is 4.57. The number of hydrogen-bond donors (Lipinski definition) is 1. The Bertz CT molecular complexity index is 318. The first-order valence-corrected chi connectivity index (χ1v) is 5.87. The summed E-state index contributed by atoms with van der Waals surface area (Å²) in [5.74, 6) is 1.86. The Balaban J connectivity index is 0.00000128. The molecule has 1 saturated carbocycles. The van der Waals surface area contributed by atoms with Crippen LogP contribution in [0, 0.1) is 19.8 Å². The van der Waals surface area contributed by atoms with Crippen LogP contribution in [0.15, 0.2) is 4.52 Å². The van der Waals surface area contributed by atoms with Gasteiger partial charge >= 0.3 is 0 Å². The van der Waals surface area contributed by atoms with Gasteiger partial charge in [-0.1, -0.05) is 18.5 Å². The molecule has 1 aliphatic rings. The van der Waals surface area contributed by atoms with Crippen molar-refractivity contribution >= 4 is 12.4 Å². The van der Waals surface area contributed by atoms with Gasteiger partial charge in [-0.05, 0) is 32.6 Å². The highest BCUT2D eigenvalue weighted by Gasteiger charge is 2.35. The predicted octanol–water partition coefficient (Wildman–Crippen LogP) is 2.99. The Morgan fingerprint density at radius 3 is 2.75 bits per heavy atom. The third-order valence-corrected chi connectivity index (χ3v) is 3.30. The fraction of sp³-hybridized carbons (Fsp3) is 0.750. The number of aryl methyl sites for hydroxylation is 2. The summed E-state index contributed by atoms with van der Waals surface area (Å²) in [4.78, 5) is 0. The molecule has 4 heteroatoms. The predicted molar refractivity (Wildman–Crippen MR) is 66.9 cm³/mol. The molecule has 0 radical (unpaired) electrons. The molecule has 1 aromatic heterocycles. The normalized spacial score (nSPS) is 22.9. The van der Waals surface area contributed by atoms with Crippen molar-refractivity contribution in [2.45, 2.75) is 52.6 Å². The molecule has 0 aliphatic heterocycles. The SMILES string of the molecule is CCCC1CC1NCc1c(C)noc1C.Cl. The monoisotopic (exact) mass is 244 g/mol. The molecule has 0 spiro atoms. The maximum atomic E-state index is 5.13. The van der Waals surface area contributed by atoms with Gasteiger partial charge in [0.25, 0.3) is 0 Å². The van der Waals surface area contributed by atoms with Gasteiger partial charge in [0.2, 0.25) is 0 Å². The summed E-state index contributed by atoms with van der Waals surface area (Å²) in [5, 5.41) is 7.53. The fourth-order valence-electron chi connectivity index (χ4n) is 2.17. The number of nitrogens with one attached hydrogen (secondary N) is 1. The first-order valence-electron chi connectivity index (χ1n) is 5.87. The average Bonchev–Trinajstić information content (AvgIpc) is 2.87. The van der Waals surface area contributed by atoms with Crippen LogP contribution in [0.4, 0.5) is 0 Å². The van der Waals surface area contributed by atoms with Crippen molar-refractivity contribution in [1.29, 1.82) is 0 Å². The minimum atomic E-state index is 0. The summed E-state index contributed by atoms with van der Waals surface area (Å²) in [6, 6.07) is 0.735. The van der Waals surface area contributed by atoms with Gasteiger partial charge < -0.3 is 9.84 Å². The van der Waals surface area contributed by atoms with Crippen molar-refractivity contribution in [3.8, 4) is 0 Å². The topological polar surface area (TPSA) is 38.1 Å². The van der Waals surface area contributed by atoms with E-state index < -0.39 is 0 Å². The van der Waals surface area contributed by atoms with Crippen LogP contribution in [0.3, 0.4) is 0 Å². The van der Waals surface area contributed by atoms with Crippen LogP contribution in [-0.4, -0.2) is 11.2 Å². The van der Waals surface area contributed by atoms with Crippen molar-refractivity contribution < 1.29 is 4.52 Å². The molecular weight excluding hydrogens is 224 g/mol. The van der Waals surface area contributed by atoms with Crippen LogP contribution >= 0.6 is 12.4 Å². The number of hydrogen-bond acceptors (Lipinski definition) is 3. The Hall–Kier alpha value is -0.540. The van der Waals surface area contributed by atoms with Crippen LogP contribution in [-0.2, 0) is 6.54 Å². The van der Waals surface area contributed by atoms with E-state index in [9.17, 15) is 0 Å². The van der Waals surface area contributed by atoms with E-state index in [1.807, 2.05) is 13.8 Å². The van der Waals surface area contributed by atoms with Gasteiger partial charge in [-0.3, -0.25) is 0 Å². The molecule has 1 fully saturated rings. The van der Waals surface area contributed by atoms with Crippen LogP contribution < -0.4 is 5.32 Å². The average molecular weight is 245 g/mol. The Morgan fingerprint density at radius 1 is 1.44 bits per heavy atom. The molecular formula is C12H21ClN2O. The molecule has 0 amide bonds. The second kappa shape index (κ2) is 5.69. The maximum Gasteiger partial charge on any atom is 0.138 e. The molecule has 16 heavy (non-hydrogen) atoms. The van der Waals surface area contributed by atoms with Crippen molar-refractivity contribution in [2.75, 3.05) is 0 Å². The van der Waals surface area contributed by atoms with E-state index in [4.69, 9.17) is 4.52 Å². The highest BCUT2D eigenvalue weighted by Crippen LogP contribution is 2.34. The zero-order valence-electron chi connectivity index (χ0n) is 10.2. The first kappa shape index (κ1) is 13.5. The number of aromatic nitrogens is 1. The van der Waals surface area contributed by atoms with Gasteiger partial charge in [0.05, 0.1) is 5.69 Å². The quantitative estimate of drug-likeness (QED) is 0.866. The van der Waals surface area contributed by atoms with Gasteiger partial charge in [-0.2, -0.15) is 0 Å². The summed E-state index contributed by atoms with van der Waals surface area (Å²) >= 11 is 0. The Kier molecular flexibility index (Phi) is 4.81. The van der Waals surface area contributed by atoms with E-state index in [-0.39, 0.29) is 12.4 Å². The third kappa shape index (κ3) is 2.98. The van der Waals surface area contributed by atoms with Crippen LogP contribution in [0.2, 0.25) is 0 Å². The second-order valence-electron chi connectivity index (χ2n) is 4.57. The summed E-state index contributed by atoms with van der Waals surface area (Å²) in [6.45, 7) is 7.15. The van der Waals surface area contributed by atoms with Gasteiger partial charge in [-0.15, -0.1) is 12.4 Å². The third-order valence-electron chi connectivity index (χ3n) is 3.30. The lowest BCUT2D eigenvalue weighted by Gasteiger charge is -2.03. The van der Waals surface area contributed by atoms with Crippen LogP contribution in [0.25, 0.3) is 0 Å². The molecule has 0 bridgehead atoms. The summed E-state index contributed by atoms with van der Waals surface area (Å²) in [5.41, 5.74) is 2.25. The largest absolute Gasteiger partial charge is 0.361 e. The minimum absolute atomic E-state index is 0. The highest BCUT2D eigenvalue weighted by atomic mass is 35.5. The van der Waals surface area contributed by atoms with Crippen LogP contribution in [0.1, 0.15) is 43.2 Å². The molecule has 1 N–H and O–H groups in total. The summed E-state index contributed by atoms with van der Waals surface area (Å²) in [6.07, 6.45) is 4.00. The van der Waals surface area contributed by atoms with Crippen molar-refractivity contribution in [3.05, 3.63) is 17.0 Å². The fourth-order valence-corrected chi connectivity index (χ4v) is 2.17. The molecule has 3 nitrogen and oxygen atoms in total. The van der Waals surface area contributed by atoms with E-state index >= 15 is 0 Å². The standard InChI is InChI=1S/C12H20N2O.ClH/c1-4-5-10-6-12(10)13-7-11-8(2)14-15-9(11)3;/h10,12-13H,4-7H2,1-3H3;1H. The van der Waals surface area contributed by atoms with Gasteiger partial charge in [-0.25, -0.2) is 0 Å². The highest BCUT2D eigenvalue weighted by molar-refractivity contribution is 5.85.